The van der Waals surface area contributed by atoms with Crippen molar-refractivity contribution in [3.8, 4) is 16.9 Å². The molecule has 106 valence electrons. The molecule has 1 atom stereocenters. The minimum Gasteiger partial charge on any atom is -0.497 e. The van der Waals surface area contributed by atoms with Gasteiger partial charge in [-0.15, -0.1) is 0 Å². The van der Waals surface area contributed by atoms with Gasteiger partial charge in [-0.2, -0.15) is 0 Å². The van der Waals surface area contributed by atoms with Crippen LogP contribution in [0.2, 0.25) is 0 Å². The Hall–Kier alpha value is -1.80. The van der Waals surface area contributed by atoms with Gasteiger partial charge in [0.15, 0.2) is 0 Å². The van der Waals surface area contributed by atoms with E-state index in [0.717, 1.165) is 25.0 Å². The van der Waals surface area contributed by atoms with Gasteiger partial charge in [0.2, 0.25) is 0 Å². The van der Waals surface area contributed by atoms with Crippen LogP contribution in [0.4, 0.5) is 0 Å². The summed E-state index contributed by atoms with van der Waals surface area (Å²) in [6, 6.07) is 17.1. The Morgan fingerprint density at radius 2 is 1.50 bits per heavy atom. The van der Waals surface area contributed by atoms with E-state index in [0.29, 0.717) is 0 Å². The zero-order chi connectivity index (χ0) is 14.4. The Morgan fingerprint density at radius 1 is 0.950 bits per heavy atom. The number of nitrogens with two attached hydrogens (primary N) is 1. The summed E-state index contributed by atoms with van der Waals surface area (Å²) in [5, 5.41) is 0. The zero-order valence-electron chi connectivity index (χ0n) is 12.3. The average Bonchev–Trinajstić information content (AvgIpc) is 2.48. The van der Waals surface area contributed by atoms with Crippen LogP contribution in [0, 0.1) is 0 Å². The number of benzene rings is 2. The molecule has 0 amide bonds. The molecule has 0 fully saturated rings. The highest BCUT2D eigenvalue weighted by atomic mass is 16.5. The summed E-state index contributed by atoms with van der Waals surface area (Å²) in [5.74, 6) is 0.885. The second-order valence-electron chi connectivity index (χ2n) is 5.18. The number of hydrogen-bond donors (Lipinski definition) is 1. The quantitative estimate of drug-likeness (QED) is 0.859. The van der Waals surface area contributed by atoms with Gasteiger partial charge in [0.05, 0.1) is 7.11 Å². The highest BCUT2D eigenvalue weighted by Gasteiger charge is 2.04. The van der Waals surface area contributed by atoms with Crippen molar-refractivity contribution in [3.05, 3.63) is 54.1 Å². The van der Waals surface area contributed by atoms with Crippen LogP contribution < -0.4 is 10.5 Å². The van der Waals surface area contributed by atoms with Gasteiger partial charge in [0.25, 0.3) is 0 Å². The standard InChI is InChI=1S/C18H23NO/c1-3-4-17(19)13-14-5-7-15(8-6-14)16-9-11-18(20-2)12-10-16/h5-12,17H,3-4,13,19H2,1-2H3. The molecule has 0 spiro atoms. The lowest BCUT2D eigenvalue weighted by atomic mass is 9.99. The topological polar surface area (TPSA) is 35.2 Å². The van der Waals surface area contributed by atoms with Crippen LogP contribution in [-0.4, -0.2) is 13.2 Å². The molecule has 0 aromatic heterocycles. The average molecular weight is 269 g/mol. The molecule has 0 aliphatic heterocycles. The van der Waals surface area contributed by atoms with Crippen LogP contribution in [0.3, 0.4) is 0 Å². The lowest BCUT2D eigenvalue weighted by Crippen LogP contribution is -2.22. The predicted molar refractivity (Wildman–Crippen MR) is 85.0 cm³/mol. The van der Waals surface area contributed by atoms with Gasteiger partial charge in [-0.25, -0.2) is 0 Å². The van der Waals surface area contributed by atoms with Crippen molar-refractivity contribution in [2.45, 2.75) is 32.2 Å². The molecule has 0 aliphatic rings. The van der Waals surface area contributed by atoms with Gasteiger partial charge in [-0.1, -0.05) is 49.7 Å². The molecule has 0 aliphatic carbocycles. The molecular weight excluding hydrogens is 246 g/mol. The van der Waals surface area contributed by atoms with Crippen molar-refractivity contribution in [1.82, 2.24) is 0 Å². The van der Waals surface area contributed by atoms with Gasteiger partial charge in [-0.3, -0.25) is 0 Å². The Morgan fingerprint density at radius 3 is 2.00 bits per heavy atom. The molecule has 2 aromatic rings. The third-order valence-corrected chi connectivity index (χ3v) is 3.53. The summed E-state index contributed by atoms with van der Waals surface area (Å²) in [5.41, 5.74) is 9.82. The largest absolute Gasteiger partial charge is 0.497 e. The monoisotopic (exact) mass is 269 g/mol. The van der Waals surface area contributed by atoms with E-state index in [2.05, 4.69) is 43.3 Å². The van der Waals surface area contributed by atoms with E-state index >= 15 is 0 Å². The Balaban J connectivity index is 2.07. The molecule has 2 aromatic carbocycles. The maximum atomic E-state index is 6.08. The van der Waals surface area contributed by atoms with E-state index in [1.54, 1.807) is 7.11 Å². The van der Waals surface area contributed by atoms with Crippen molar-refractivity contribution in [3.63, 3.8) is 0 Å². The summed E-state index contributed by atoms with van der Waals surface area (Å²) in [7, 11) is 1.68. The lowest BCUT2D eigenvalue weighted by molar-refractivity contribution is 0.415. The Labute approximate surface area is 121 Å². The van der Waals surface area contributed by atoms with Crippen molar-refractivity contribution >= 4 is 0 Å². The summed E-state index contributed by atoms with van der Waals surface area (Å²) in [6.45, 7) is 2.17. The molecule has 2 nitrogen and oxygen atoms in total. The number of ether oxygens (including phenoxy) is 1. The lowest BCUT2D eigenvalue weighted by Gasteiger charge is -2.11. The van der Waals surface area contributed by atoms with Gasteiger partial charge in [-0.05, 0) is 41.7 Å². The molecule has 0 bridgehead atoms. The molecule has 0 heterocycles. The second kappa shape index (κ2) is 7.11. The van der Waals surface area contributed by atoms with E-state index in [4.69, 9.17) is 10.5 Å². The zero-order valence-corrected chi connectivity index (χ0v) is 12.3. The SMILES string of the molecule is CCCC(N)Cc1ccc(-c2ccc(OC)cc2)cc1. The van der Waals surface area contributed by atoms with Crippen LogP contribution in [0.25, 0.3) is 11.1 Å². The fourth-order valence-electron chi connectivity index (χ4n) is 2.39. The van der Waals surface area contributed by atoms with E-state index in [1.165, 1.54) is 16.7 Å². The first kappa shape index (κ1) is 14.6. The summed E-state index contributed by atoms with van der Waals surface area (Å²) in [4.78, 5) is 0. The maximum Gasteiger partial charge on any atom is 0.118 e. The third-order valence-electron chi connectivity index (χ3n) is 3.53. The molecular formula is C18H23NO. The smallest absolute Gasteiger partial charge is 0.118 e. The predicted octanol–water partition coefficient (Wildman–Crippen LogP) is 4.03. The number of hydrogen-bond acceptors (Lipinski definition) is 2. The van der Waals surface area contributed by atoms with Crippen molar-refractivity contribution in [2.24, 2.45) is 5.73 Å². The summed E-state index contributed by atoms with van der Waals surface area (Å²) in [6.07, 6.45) is 3.18. The fourth-order valence-corrected chi connectivity index (χ4v) is 2.39. The van der Waals surface area contributed by atoms with Gasteiger partial charge >= 0.3 is 0 Å². The van der Waals surface area contributed by atoms with Crippen LogP contribution in [0.15, 0.2) is 48.5 Å². The van der Waals surface area contributed by atoms with Gasteiger partial charge in [0, 0.05) is 6.04 Å². The molecule has 0 radical (unpaired) electrons. The summed E-state index contributed by atoms with van der Waals surface area (Å²) < 4.78 is 5.18. The highest BCUT2D eigenvalue weighted by molar-refractivity contribution is 5.64. The first-order valence-corrected chi connectivity index (χ1v) is 7.22. The Kier molecular flexibility index (Phi) is 5.19. The second-order valence-corrected chi connectivity index (χ2v) is 5.18. The first-order valence-electron chi connectivity index (χ1n) is 7.22. The normalized spacial score (nSPS) is 12.2. The molecule has 2 heteroatoms. The van der Waals surface area contributed by atoms with E-state index in [1.807, 2.05) is 12.1 Å². The molecule has 0 saturated heterocycles. The molecule has 2 rings (SSSR count). The molecule has 1 unspecified atom stereocenters. The Bertz CT molecular complexity index is 516. The van der Waals surface area contributed by atoms with Crippen LogP contribution in [0.1, 0.15) is 25.3 Å². The number of rotatable bonds is 6. The van der Waals surface area contributed by atoms with Crippen molar-refractivity contribution in [1.29, 1.82) is 0 Å². The number of methoxy groups -OCH3 is 1. The highest BCUT2D eigenvalue weighted by Crippen LogP contribution is 2.23. The molecule has 0 saturated carbocycles. The first-order chi connectivity index (χ1) is 9.72. The van der Waals surface area contributed by atoms with E-state index < -0.39 is 0 Å². The summed E-state index contributed by atoms with van der Waals surface area (Å²) >= 11 is 0. The van der Waals surface area contributed by atoms with E-state index in [-0.39, 0.29) is 6.04 Å². The van der Waals surface area contributed by atoms with Gasteiger partial charge < -0.3 is 10.5 Å². The molecule has 20 heavy (non-hydrogen) atoms. The van der Waals surface area contributed by atoms with Crippen LogP contribution in [-0.2, 0) is 6.42 Å². The van der Waals surface area contributed by atoms with Crippen molar-refractivity contribution in [2.75, 3.05) is 7.11 Å². The van der Waals surface area contributed by atoms with E-state index in [9.17, 15) is 0 Å². The van der Waals surface area contributed by atoms with Gasteiger partial charge in [0.1, 0.15) is 5.75 Å². The third kappa shape index (κ3) is 3.84. The fraction of sp³-hybridized carbons (Fsp3) is 0.333. The van der Waals surface area contributed by atoms with Crippen LogP contribution in [0.5, 0.6) is 5.75 Å². The molecule has 2 N–H and O–H groups in total. The van der Waals surface area contributed by atoms with Crippen LogP contribution >= 0.6 is 0 Å². The van der Waals surface area contributed by atoms with Crippen molar-refractivity contribution < 1.29 is 4.74 Å². The minimum absolute atomic E-state index is 0.270. The maximum absolute atomic E-state index is 6.08. The minimum atomic E-state index is 0.270.